The van der Waals surface area contributed by atoms with Gasteiger partial charge in [0.25, 0.3) is 5.91 Å². The Balaban J connectivity index is 1.88. The van der Waals surface area contributed by atoms with Gasteiger partial charge in [0.15, 0.2) is 5.78 Å². The number of Topliss-reactive ketones (excluding diaryl/α,β-unsaturated/α-hetero) is 1. The molecule has 0 radical (unpaired) electrons. The van der Waals surface area contributed by atoms with Gasteiger partial charge in [0.05, 0.1) is 12.0 Å². The monoisotopic (exact) mass is 337 g/mol. The largest absolute Gasteiger partial charge is 0.487 e. The molecule has 0 saturated heterocycles. The first-order valence-electron chi connectivity index (χ1n) is 8.53. The molecule has 2 aromatic carbocycles. The Morgan fingerprint density at radius 1 is 1.16 bits per heavy atom. The molecule has 1 heterocycles. The van der Waals surface area contributed by atoms with Crippen LogP contribution in [0.3, 0.4) is 0 Å². The summed E-state index contributed by atoms with van der Waals surface area (Å²) in [6.45, 7) is 7.94. The zero-order valence-corrected chi connectivity index (χ0v) is 15.1. The first-order valence-corrected chi connectivity index (χ1v) is 8.53. The van der Waals surface area contributed by atoms with Crippen molar-refractivity contribution in [2.24, 2.45) is 0 Å². The Hall–Kier alpha value is -2.62. The molecule has 0 spiro atoms. The molecule has 1 amide bonds. The van der Waals surface area contributed by atoms with Crippen molar-refractivity contribution in [2.45, 2.75) is 45.6 Å². The summed E-state index contributed by atoms with van der Waals surface area (Å²) in [4.78, 5) is 25.0. The lowest BCUT2D eigenvalue weighted by atomic mass is 9.92. The molecule has 3 rings (SSSR count). The van der Waals surface area contributed by atoms with E-state index in [4.69, 9.17) is 4.74 Å². The second-order valence-corrected chi connectivity index (χ2v) is 7.37. The Kier molecular flexibility index (Phi) is 4.38. The van der Waals surface area contributed by atoms with Crippen LogP contribution in [-0.4, -0.2) is 17.3 Å². The van der Waals surface area contributed by atoms with Crippen molar-refractivity contribution in [3.63, 3.8) is 0 Å². The minimum Gasteiger partial charge on any atom is -0.487 e. The number of carbonyl (C=O) groups excluding carboxylic acids is 2. The molecule has 0 fully saturated rings. The fourth-order valence-corrected chi connectivity index (χ4v) is 3.10. The van der Waals surface area contributed by atoms with Gasteiger partial charge >= 0.3 is 0 Å². The van der Waals surface area contributed by atoms with Crippen LogP contribution in [0, 0.1) is 0 Å². The zero-order valence-electron chi connectivity index (χ0n) is 15.1. The number of rotatable bonds is 3. The highest BCUT2D eigenvalue weighted by atomic mass is 16.5. The van der Waals surface area contributed by atoms with Crippen molar-refractivity contribution in [3.8, 4) is 5.75 Å². The second kappa shape index (κ2) is 6.36. The quantitative estimate of drug-likeness (QED) is 0.875. The van der Waals surface area contributed by atoms with Crippen LogP contribution in [0.1, 0.15) is 66.3 Å². The normalized spacial score (nSPS) is 15.5. The summed E-state index contributed by atoms with van der Waals surface area (Å²) in [5.41, 5.74) is 2.29. The molecule has 2 aromatic rings. The number of carbonyl (C=O) groups is 2. The van der Waals surface area contributed by atoms with Gasteiger partial charge in [-0.25, -0.2) is 0 Å². The van der Waals surface area contributed by atoms with Crippen LogP contribution in [0.2, 0.25) is 0 Å². The molecule has 0 atom stereocenters. The van der Waals surface area contributed by atoms with Crippen molar-refractivity contribution in [1.29, 1.82) is 0 Å². The Morgan fingerprint density at radius 2 is 1.88 bits per heavy atom. The van der Waals surface area contributed by atoms with Crippen molar-refractivity contribution >= 4 is 17.4 Å². The lowest BCUT2D eigenvalue weighted by Crippen LogP contribution is -2.36. The lowest BCUT2D eigenvalue weighted by molar-refractivity contribution is 0.0620. The molecule has 0 aromatic heterocycles. The van der Waals surface area contributed by atoms with Gasteiger partial charge in [-0.1, -0.05) is 32.0 Å². The third-order valence-electron chi connectivity index (χ3n) is 4.35. The highest BCUT2D eigenvalue weighted by Gasteiger charge is 2.32. The van der Waals surface area contributed by atoms with Gasteiger partial charge in [0.2, 0.25) is 0 Å². The van der Waals surface area contributed by atoms with Crippen molar-refractivity contribution in [2.75, 3.05) is 5.32 Å². The summed E-state index contributed by atoms with van der Waals surface area (Å²) in [5, 5.41) is 2.95. The standard InChI is InChI=1S/C21H23NO3/c1-13(2)15-7-5-6-8-17(15)22-20(24)14-9-10-19-16(11-14)18(23)12-21(3,4)25-19/h5-11,13H,12H2,1-4H3,(H,22,24). The van der Waals surface area contributed by atoms with Crippen LogP contribution in [0.4, 0.5) is 5.69 Å². The summed E-state index contributed by atoms with van der Waals surface area (Å²) in [6, 6.07) is 12.8. The number of hydrogen-bond acceptors (Lipinski definition) is 3. The zero-order chi connectivity index (χ0) is 18.2. The van der Waals surface area contributed by atoms with Crippen LogP contribution in [-0.2, 0) is 0 Å². The van der Waals surface area contributed by atoms with Crippen LogP contribution < -0.4 is 10.1 Å². The third-order valence-corrected chi connectivity index (χ3v) is 4.35. The van der Waals surface area contributed by atoms with E-state index in [1.54, 1.807) is 18.2 Å². The van der Waals surface area contributed by atoms with Gasteiger partial charge in [0, 0.05) is 11.3 Å². The molecule has 25 heavy (non-hydrogen) atoms. The van der Waals surface area contributed by atoms with Crippen molar-refractivity contribution in [1.82, 2.24) is 0 Å². The molecule has 0 unspecified atom stereocenters. The van der Waals surface area contributed by atoms with Crippen LogP contribution in [0.15, 0.2) is 42.5 Å². The van der Waals surface area contributed by atoms with E-state index in [9.17, 15) is 9.59 Å². The molecule has 0 bridgehead atoms. The van der Waals surface area contributed by atoms with E-state index < -0.39 is 5.60 Å². The number of ether oxygens (including phenoxy) is 1. The number of para-hydroxylation sites is 1. The number of benzene rings is 2. The first-order chi connectivity index (χ1) is 11.8. The summed E-state index contributed by atoms with van der Waals surface area (Å²) in [5.74, 6) is 0.620. The SMILES string of the molecule is CC(C)c1ccccc1NC(=O)c1ccc2c(c1)C(=O)CC(C)(C)O2. The average molecular weight is 337 g/mol. The Morgan fingerprint density at radius 3 is 2.60 bits per heavy atom. The molecule has 0 saturated carbocycles. The Bertz CT molecular complexity index is 837. The Labute approximate surface area is 148 Å². The first kappa shape index (κ1) is 17.2. The molecule has 1 aliphatic rings. The maximum atomic E-state index is 12.6. The van der Waals surface area contributed by atoms with Crippen LogP contribution >= 0.6 is 0 Å². The van der Waals surface area contributed by atoms with E-state index in [0.717, 1.165) is 11.3 Å². The number of amides is 1. The highest BCUT2D eigenvalue weighted by Crippen LogP contribution is 2.33. The predicted molar refractivity (Wildman–Crippen MR) is 98.6 cm³/mol. The van der Waals surface area contributed by atoms with Gasteiger partial charge < -0.3 is 10.1 Å². The maximum absolute atomic E-state index is 12.6. The summed E-state index contributed by atoms with van der Waals surface area (Å²) >= 11 is 0. The predicted octanol–water partition coefficient (Wildman–Crippen LogP) is 4.81. The lowest BCUT2D eigenvalue weighted by Gasteiger charge is -2.31. The van der Waals surface area contributed by atoms with E-state index in [1.165, 1.54) is 0 Å². The van der Waals surface area contributed by atoms with Crippen LogP contribution in [0.5, 0.6) is 5.75 Å². The molecule has 4 heteroatoms. The summed E-state index contributed by atoms with van der Waals surface area (Å²) in [7, 11) is 0. The minimum absolute atomic E-state index is 0.00322. The molecular formula is C21H23NO3. The highest BCUT2D eigenvalue weighted by molar-refractivity contribution is 6.08. The summed E-state index contributed by atoms with van der Waals surface area (Å²) in [6.07, 6.45) is 0.307. The van der Waals surface area contributed by atoms with E-state index in [1.807, 2.05) is 38.1 Å². The fourth-order valence-electron chi connectivity index (χ4n) is 3.10. The van der Waals surface area contributed by atoms with Gasteiger partial charge in [-0.2, -0.15) is 0 Å². The van der Waals surface area contributed by atoms with Gasteiger partial charge in [-0.3, -0.25) is 9.59 Å². The van der Waals surface area contributed by atoms with E-state index >= 15 is 0 Å². The van der Waals surface area contributed by atoms with Crippen molar-refractivity contribution < 1.29 is 14.3 Å². The summed E-state index contributed by atoms with van der Waals surface area (Å²) < 4.78 is 5.84. The minimum atomic E-state index is -0.510. The van der Waals surface area contributed by atoms with E-state index in [0.29, 0.717) is 29.2 Å². The number of ketones is 1. The maximum Gasteiger partial charge on any atom is 0.255 e. The van der Waals surface area contributed by atoms with Gasteiger partial charge in [-0.05, 0) is 49.6 Å². The molecule has 4 nitrogen and oxygen atoms in total. The molecular weight excluding hydrogens is 314 g/mol. The number of hydrogen-bond donors (Lipinski definition) is 1. The molecule has 0 aliphatic carbocycles. The van der Waals surface area contributed by atoms with E-state index in [-0.39, 0.29) is 11.7 Å². The van der Waals surface area contributed by atoms with Gasteiger partial charge in [0.1, 0.15) is 11.4 Å². The second-order valence-electron chi connectivity index (χ2n) is 7.37. The van der Waals surface area contributed by atoms with E-state index in [2.05, 4.69) is 19.2 Å². The third kappa shape index (κ3) is 3.58. The molecule has 1 N–H and O–H groups in total. The molecule has 130 valence electrons. The average Bonchev–Trinajstić information content (AvgIpc) is 2.53. The number of anilines is 1. The topological polar surface area (TPSA) is 55.4 Å². The smallest absolute Gasteiger partial charge is 0.255 e. The van der Waals surface area contributed by atoms with Crippen LogP contribution in [0.25, 0.3) is 0 Å². The fraction of sp³-hybridized carbons (Fsp3) is 0.333. The molecule has 1 aliphatic heterocycles. The van der Waals surface area contributed by atoms with Gasteiger partial charge in [-0.15, -0.1) is 0 Å². The number of nitrogens with one attached hydrogen (secondary N) is 1. The van der Waals surface area contributed by atoms with Crippen molar-refractivity contribution in [3.05, 3.63) is 59.2 Å². The number of fused-ring (bicyclic) bond motifs is 1.